The molecule has 2 atom stereocenters. The fraction of sp³-hybridized carbons (Fsp3) is 0.533. The Hall–Kier alpha value is -1.66. The van der Waals surface area contributed by atoms with E-state index in [0.29, 0.717) is 5.69 Å². The highest BCUT2D eigenvalue weighted by atomic mass is 35.5. The number of halogens is 1. The number of rotatable bonds is 6. The van der Waals surface area contributed by atoms with E-state index in [0.717, 1.165) is 6.42 Å². The fourth-order valence-corrected chi connectivity index (χ4v) is 2.06. The summed E-state index contributed by atoms with van der Waals surface area (Å²) in [7, 11) is 1.72. The van der Waals surface area contributed by atoms with Gasteiger partial charge in [-0.25, -0.2) is 0 Å². The average Bonchev–Trinajstić information content (AvgIpc) is 2.51. The summed E-state index contributed by atoms with van der Waals surface area (Å²) in [6.07, 6.45) is 0.854. The van der Waals surface area contributed by atoms with Crippen LogP contribution in [0.2, 0.25) is 5.02 Å². The summed E-state index contributed by atoms with van der Waals surface area (Å²) in [6, 6.07) is 3.61. The normalized spacial score (nSPS) is 12.6. The number of nitrogens with one attached hydrogen (secondary N) is 2. The number of likely N-dealkylation sites (N-methyl/N-ethyl adjacent to an activating group) is 1. The maximum atomic E-state index is 12.1. The molecule has 0 aliphatic rings. The number of amides is 1. The van der Waals surface area contributed by atoms with Gasteiger partial charge in [0.05, 0.1) is 21.7 Å². The molecule has 1 rings (SSSR count). The van der Waals surface area contributed by atoms with E-state index in [-0.39, 0.29) is 28.6 Å². The second kappa shape index (κ2) is 10.1. The standard InChI is InChI=1S/C13H18ClN3O3.C2H6/c1-4-8(2)12(15-3)13(18)16-11-6-5-9(17(19)20)7-10(11)14;1-2/h5-8,12,15H,4H2,1-3H3,(H,16,18);1-2H3. The van der Waals surface area contributed by atoms with Crippen molar-refractivity contribution >= 4 is 28.9 Å². The Morgan fingerprint density at radius 3 is 2.41 bits per heavy atom. The van der Waals surface area contributed by atoms with Crippen molar-refractivity contribution in [2.45, 2.75) is 40.2 Å². The molecule has 0 saturated carbocycles. The maximum absolute atomic E-state index is 12.1. The monoisotopic (exact) mass is 329 g/mol. The molecule has 22 heavy (non-hydrogen) atoms. The zero-order valence-corrected chi connectivity index (χ0v) is 14.4. The van der Waals surface area contributed by atoms with E-state index in [4.69, 9.17) is 11.6 Å². The van der Waals surface area contributed by atoms with Gasteiger partial charge < -0.3 is 10.6 Å². The number of anilines is 1. The highest BCUT2D eigenvalue weighted by Crippen LogP contribution is 2.27. The Balaban J connectivity index is 0.00000211. The summed E-state index contributed by atoms with van der Waals surface area (Å²) in [6.45, 7) is 7.97. The molecule has 0 radical (unpaired) electrons. The number of carbonyl (C=O) groups excluding carboxylic acids is 1. The predicted octanol–water partition coefficient (Wildman–Crippen LogP) is 3.85. The van der Waals surface area contributed by atoms with Crippen molar-refractivity contribution in [1.82, 2.24) is 5.32 Å². The molecule has 2 N–H and O–H groups in total. The summed E-state index contributed by atoms with van der Waals surface area (Å²) in [5.74, 6) is -0.0468. The number of nitro benzene ring substituents is 1. The van der Waals surface area contributed by atoms with Crippen molar-refractivity contribution in [3.8, 4) is 0 Å². The summed E-state index contributed by atoms with van der Waals surface area (Å²) in [5, 5.41) is 16.4. The van der Waals surface area contributed by atoms with Crippen LogP contribution < -0.4 is 10.6 Å². The van der Waals surface area contributed by atoms with E-state index in [9.17, 15) is 14.9 Å². The summed E-state index contributed by atoms with van der Waals surface area (Å²) >= 11 is 5.94. The third-order valence-corrected chi connectivity index (χ3v) is 3.54. The summed E-state index contributed by atoms with van der Waals surface area (Å²) in [5.41, 5.74) is 0.255. The molecule has 0 aromatic heterocycles. The first-order valence-electron chi connectivity index (χ1n) is 7.32. The molecule has 0 bridgehead atoms. The SMILES string of the molecule is CC.CCC(C)C(NC)C(=O)Nc1ccc([N+](=O)[O-])cc1Cl. The molecule has 1 amide bonds. The van der Waals surface area contributed by atoms with Gasteiger partial charge in [0.25, 0.3) is 5.69 Å². The molecule has 0 spiro atoms. The van der Waals surface area contributed by atoms with Gasteiger partial charge in [0.15, 0.2) is 0 Å². The predicted molar refractivity (Wildman–Crippen MR) is 90.4 cm³/mol. The lowest BCUT2D eigenvalue weighted by molar-refractivity contribution is -0.384. The first-order valence-corrected chi connectivity index (χ1v) is 7.70. The van der Waals surface area contributed by atoms with Gasteiger partial charge in [-0.3, -0.25) is 14.9 Å². The van der Waals surface area contributed by atoms with Gasteiger partial charge in [0.1, 0.15) is 0 Å². The second-order valence-corrected chi connectivity index (χ2v) is 4.97. The van der Waals surface area contributed by atoms with E-state index >= 15 is 0 Å². The van der Waals surface area contributed by atoms with E-state index in [2.05, 4.69) is 10.6 Å². The van der Waals surface area contributed by atoms with Gasteiger partial charge >= 0.3 is 0 Å². The van der Waals surface area contributed by atoms with E-state index in [1.807, 2.05) is 27.7 Å². The molecule has 6 nitrogen and oxygen atoms in total. The van der Waals surface area contributed by atoms with Crippen LogP contribution in [0.25, 0.3) is 0 Å². The molecular weight excluding hydrogens is 306 g/mol. The number of nitrogens with zero attached hydrogens (tertiary/aromatic N) is 1. The molecule has 1 aromatic carbocycles. The van der Waals surface area contributed by atoms with E-state index in [1.165, 1.54) is 18.2 Å². The lowest BCUT2D eigenvalue weighted by atomic mass is 9.98. The lowest BCUT2D eigenvalue weighted by Crippen LogP contribution is -2.43. The highest BCUT2D eigenvalue weighted by Gasteiger charge is 2.23. The lowest BCUT2D eigenvalue weighted by Gasteiger charge is -2.21. The molecule has 0 saturated heterocycles. The van der Waals surface area contributed by atoms with Crippen molar-refractivity contribution in [2.24, 2.45) is 5.92 Å². The molecule has 1 aromatic rings. The van der Waals surface area contributed by atoms with Crippen LogP contribution in [0.4, 0.5) is 11.4 Å². The second-order valence-electron chi connectivity index (χ2n) is 4.56. The maximum Gasteiger partial charge on any atom is 0.271 e. The Morgan fingerprint density at radius 1 is 1.41 bits per heavy atom. The van der Waals surface area contributed by atoms with Gasteiger partial charge in [0, 0.05) is 12.1 Å². The minimum atomic E-state index is -0.535. The van der Waals surface area contributed by atoms with Crippen molar-refractivity contribution in [3.05, 3.63) is 33.3 Å². The first-order chi connectivity index (χ1) is 10.4. The Morgan fingerprint density at radius 2 is 2.00 bits per heavy atom. The van der Waals surface area contributed by atoms with E-state index < -0.39 is 4.92 Å². The van der Waals surface area contributed by atoms with Crippen LogP contribution in [-0.2, 0) is 4.79 Å². The minimum Gasteiger partial charge on any atom is -0.323 e. The van der Waals surface area contributed by atoms with Gasteiger partial charge in [-0.1, -0.05) is 45.7 Å². The summed E-state index contributed by atoms with van der Waals surface area (Å²) < 4.78 is 0. The Bertz CT molecular complexity index is 509. The number of hydrogen-bond donors (Lipinski definition) is 2. The number of non-ortho nitro benzene ring substituents is 1. The highest BCUT2D eigenvalue weighted by molar-refractivity contribution is 6.34. The van der Waals surface area contributed by atoms with Crippen LogP contribution >= 0.6 is 11.6 Å². The van der Waals surface area contributed by atoms with Crippen molar-refractivity contribution in [3.63, 3.8) is 0 Å². The van der Waals surface area contributed by atoms with Crippen LogP contribution in [0.3, 0.4) is 0 Å². The molecule has 0 aliphatic carbocycles. The third-order valence-electron chi connectivity index (χ3n) is 3.23. The van der Waals surface area contributed by atoms with Crippen molar-refractivity contribution in [1.29, 1.82) is 0 Å². The molecule has 0 aliphatic heterocycles. The van der Waals surface area contributed by atoms with Crippen LogP contribution in [0.15, 0.2) is 18.2 Å². The zero-order valence-electron chi connectivity index (χ0n) is 13.6. The number of carbonyl (C=O) groups is 1. The molecular formula is C15H24ClN3O3. The largest absolute Gasteiger partial charge is 0.323 e. The number of hydrogen-bond acceptors (Lipinski definition) is 4. The smallest absolute Gasteiger partial charge is 0.271 e. The van der Waals surface area contributed by atoms with Gasteiger partial charge in [-0.05, 0) is 19.0 Å². The molecule has 0 fully saturated rings. The Kier molecular flexibility index (Phi) is 9.37. The average molecular weight is 330 g/mol. The number of nitro groups is 1. The van der Waals surface area contributed by atoms with Crippen LogP contribution in [0.1, 0.15) is 34.1 Å². The third kappa shape index (κ3) is 5.61. The molecule has 7 heteroatoms. The van der Waals surface area contributed by atoms with E-state index in [1.54, 1.807) is 7.05 Å². The van der Waals surface area contributed by atoms with Gasteiger partial charge in [0.2, 0.25) is 5.91 Å². The van der Waals surface area contributed by atoms with Gasteiger partial charge in [-0.2, -0.15) is 0 Å². The van der Waals surface area contributed by atoms with Gasteiger partial charge in [-0.15, -0.1) is 0 Å². The van der Waals surface area contributed by atoms with Crippen molar-refractivity contribution in [2.75, 3.05) is 12.4 Å². The quantitative estimate of drug-likeness (QED) is 0.613. The molecule has 2 unspecified atom stereocenters. The topological polar surface area (TPSA) is 84.3 Å². The van der Waals surface area contributed by atoms with Crippen molar-refractivity contribution < 1.29 is 9.72 Å². The molecule has 0 heterocycles. The van der Waals surface area contributed by atoms with Crippen LogP contribution in [-0.4, -0.2) is 23.9 Å². The minimum absolute atomic E-state index is 0.111. The first kappa shape index (κ1) is 20.3. The summed E-state index contributed by atoms with van der Waals surface area (Å²) in [4.78, 5) is 22.2. The molecule has 124 valence electrons. The number of benzene rings is 1. The zero-order chi connectivity index (χ0) is 17.3. The van der Waals surface area contributed by atoms with Crippen LogP contribution in [0, 0.1) is 16.0 Å². The Labute approximate surface area is 136 Å². The van der Waals surface area contributed by atoms with Crippen LogP contribution in [0.5, 0.6) is 0 Å². The fourth-order valence-electron chi connectivity index (χ4n) is 1.84.